The first-order valence-electron chi connectivity index (χ1n) is 5.40. The number of carbonyl (C=O) groups excluding carboxylic acids is 1. The molecule has 2 aromatic rings. The van der Waals surface area contributed by atoms with Crippen LogP contribution in [0.2, 0.25) is 5.02 Å². The van der Waals surface area contributed by atoms with E-state index in [0.29, 0.717) is 0 Å². The van der Waals surface area contributed by atoms with E-state index in [2.05, 4.69) is 5.32 Å². The Kier molecular flexibility index (Phi) is 4.44. The highest BCUT2D eigenvalue weighted by Gasteiger charge is 2.20. The van der Waals surface area contributed by atoms with Crippen LogP contribution in [0.5, 0.6) is 0 Å². The quantitative estimate of drug-likeness (QED) is 0.582. The maximum atomic E-state index is 13.7. The zero-order chi connectivity index (χ0) is 14.9. The van der Waals surface area contributed by atoms with Crippen molar-refractivity contribution in [2.24, 2.45) is 0 Å². The zero-order valence-corrected chi connectivity index (χ0v) is 12.8. The highest BCUT2D eigenvalue weighted by Crippen LogP contribution is 2.26. The highest BCUT2D eigenvalue weighted by molar-refractivity contribution is 14.1. The van der Waals surface area contributed by atoms with Crippen molar-refractivity contribution in [3.8, 4) is 0 Å². The van der Waals surface area contributed by atoms with Gasteiger partial charge in [0.25, 0.3) is 5.91 Å². The molecule has 0 aliphatic heterocycles. The van der Waals surface area contributed by atoms with E-state index < -0.39 is 23.1 Å². The molecular formula is C13H8ClF2IN2O. The lowest BCUT2D eigenvalue weighted by molar-refractivity contribution is 0.101. The summed E-state index contributed by atoms with van der Waals surface area (Å²) in [6.07, 6.45) is 0. The number of nitrogens with two attached hydrogens (primary N) is 1. The Bertz CT molecular complexity index is 694. The Morgan fingerprint density at radius 1 is 1.25 bits per heavy atom. The second-order valence-corrected chi connectivity index (χ2v) is 5.56. The third-order valence-electron chi connectivity index (χ3n) is 2.53. The Balaban J connectivity index is 2.36. The van der Waals surface area contributed by atoms with Crippen molar-refractivity contribution >= 4 is 51.5 Å². The van der Waals surface area contributed by atoms with E-state index in [-0.39, 0.29) is 16.4 Å². The van der Waals surface area contributed by atoms with Crippen LogP contribution in [-0.4, -0.2) is 5.91 Å². The van der Waals surface area contributed by atoms with Crippen molar-refractivity contribution in [2.45, 2.75) is 0 Å². The van der Waals surface area contributed by atoms with E-state index in [9.17, 15) is 13.6 Å². The van der Waals surface area contributed by atoms with Crippen molar-refractivity contribution in [1.29, 1.82) is 0 Å². The number of hydrogen-bond donors (Lipinski definition) is 2. The van der Waals surface area contributed by atoms with Gasteiger partial charge in [-0.3, -0.25) is 4.79 Å². The lowest BCUT2D eigenvalue weighted by Crippen LogP contribution is -2.17. The maximum absolute atomic E-state index is 13.7. The number of anilines is 2. The summed E-state index contributed by atoms with van der Waals surface area (Å²) >= 11 is 7.99. The van der Waals surface area contributed by atoms with Crippen molar-refractivity contribution in [3.63, 3.8) is 0 Å². The Labute approximate surface area is 132 Å². The van der Waals surface area contributed by atoms with Gasteiger partial charge in [-0.2, -0.15) is 0 Å². The van der Waals surface area contributed by atoms with Crippen LogP contribution in [0.4, 0.5) is 20.2 Å². The number of rotatable bonds is 2. The molecule has 0 saturated carbocycles. The molecule has 0 bridgehead atoms. The number of hydrogen-bond acceptors (Lipinski definition) is 2. The molecule has 0 aliphatic rings. The molecule has 20 heavy (non-hydrogen) atoms. The van der Waals surface area contributed by atoms with Gasteiger partial charge in [0, 0.05) is 3.57 Å². The van der Waals surface area contributed by atoms with Gasteiger partial charge < -0.3 is 11.1 Å². The first kappa shape index (κ1) is 15.0. The van der Waals surface area contributed by atoms with Gasteiger partial charge in [0.05, 0.1) is 16.4 Å². The maximum Gasteiger partial charge on any atom is 0.261 e. The SMILES string of the molecule is Nc1ccc(F)c(C(=O)Nc2ccc(I)cc2Cl)c1F. The third kappa shape index (κ3) is 3.01. The smallest absolute Gasteiger partial charge is 0.261 e. The van der Waals surface area contributed by atoms with Crippen LogP contribution in [0.15, 0.2) is 30.3 Å². The minimum absolute atomic E-state index is 0.262. The summed E-state index contributed by atoms with van der Waals surface area (Å²) in [7, 11) is 0. The molecule has 0 atom stereocenters. The first-order chi connectivity index (χ1) is 9.40. The summed E-state index contributed by atoms with van der Waals surface area (Å²) in [5, 5.41) is 2.63. The lowest BCUT2D eigenvalue weighted by atomic mass is 10.1. The van der Waals surface area contributed by atoms with E-state index in [4.69, 9.17) is 17.3 Å². The van der Waals surface area contributed by atoms with Gasteiger partial charge in [0.15, 0.2) is 5.82 Å². The molecule has 2 rings (SSSR count). The fourth-order valence-electron chi connectivity index (χ4n) is 1.55. The average Bonchev–Trinajstić information content (AvgIpc) is 2.38. The van der Waals surface area contributed by atoms with E-state index in [1.165, 1.54) is 0 Å². The fraction of sp³-hybridized carbons (Fsp3) is 0. The van der Waals surface area contributed by atoms with Gasteiger partial charge in [-0.25, -0.2) is 8.78 Å². The summed E-state index contributed by atoms with van der Waals surface area (Å²) in [6.45, 7) is 0. The first-order valence-corrected chi connectivity index (χ1v) is 6.85. The molecule has 7 heteroatoms. The van der Waals surface area contributed by atoms with E-state index in [0.717, 1.165) is 15.7 Å². The average molecular weight is 409 g/mol. The van der Waals surface area contributed by atoms with E-state index in [1.807, 2.05) is 22.6 Å². The monoisotopic (exact) mass is 408 g/mol. The third-order valence-corrected chi connectivity index (χ3v) is 3.51. The van der Waals surface area contributed by atoms with Crippen LogP contribution in [0, 0.1) is 15.2 Å². The molecule has 0 heterocycles. The molecule has 3 N–H and O–H groups in total. The molecule has 3 nitrogen and oxygen atoms in total. The molecule has 0 aliphatic carbocycles. The number of halogens is 4. The largest absolute Gasteiger partial charge is 0.396 e. The van der Waals surface area contributed by atoms with Crippen molar-refractivity contribution in [2.75, 3.05) is 11.1 Å². The zero-order valence-electron chi connectivity index (χ0n) is 9.88. The van der Waals surface area contributed by atoms with Crippen molar-refractivity contribution in [1.82, 2.24) is 0 Å². The Hall–Kier alpha value is -1.41. The number of carbonyl (C=O) groups is 1. The standard InChI is InChI=1S/C13H8ClF2IN2O/c14-7-5-6(17)1-4-10(7)19-13(20)11-8(15)2-3-9(18)12(11)16/h1-5H,18H2,(H,19,20). The van der Waals surface area contributed by atoms with Gasteiger partial charge in [-0.15, -0.1) is 0 Å². The van der Waals surface area contributed by atoms with Gasteiger partial charge >= 0.3 is 0 Å². The van der Waals surface area contributed by atoms with Crippen LogP contribution in [-0.2, 0) is 0 Å². The highest BCUT2D eigenvalue weighted by atomic mass is 127. The molecule has 0 unspecified atom stereocenters. The van der Waals surface area contributed by atoms with Gasteiger partial charge in [0.2, 0.25) is 0 Å². The molecule has 0 aromatic heterocycles. The summed E-state index contributed by atoms with van der Waals surface area (Å²) in [6, 6.07) is 6.85. The molecule has 0 fully saturated rings. The van der Waals surface area contributed by atoms with Gasteiger partial charge in [-0.1, -0.05) is 11.6 Å². The van der Waals surface area contributed by atoms with E-state index >= 15 is 0 Å². The lowest BCUT2D eigenvalue weighted by Gasteiger charge is -2.10. The van der Waals surface area contributed by atoms with Crippen LogP contribution in [0.1, 0.15) is 10.4 Å². The summed E-state index contributed by atoms with van der Waals surface area (Å²) in [5.41, 5.74) is 4.55. The molecule has 0 saturated heterocycles. The van der Waals surface area contributed by atoms with Crippen LogP contribution in [0.25, 0.3) is 0 Å². The summed E-state index contributed by atoms with van der Waals surface area (Å²) in [5.74, 6) is -3.03. The summed E-state index contributed by atoms with van der Waals surface area (Å²) in [4.78, 5) is 11.9. The minimum atomic E-state index is -1.09. The van der Waals surface area contributed by atoms with Crippen molar-refractivity contribution in [3.05, 3.63) is 56.1 Å². The molecule has 0 spiro atoms. The number of nitrogen functional groups attached to an aromatic ring is 1. The molecule has 2 aromatic carbocycles. The normalized spacial score (nSPS) is 10.4. The van der Waals surface area contributed by atoms with Gasteiger partial charge in [-0.05, 0) is 52.9 Å². The van der Waals surface area contributed by atoms with Gasteiger partial charge in [0.1, 0.15) is 11.4 Å². The number of nitrogens with one attached hydrogen (secondary N) is 1. The molecule has 1 amide bonds. The minimum Gasteiger partial charge on any atom is -0.396 e. The second-order valence-electron chi connectivity index (χ2n) is 3.90. The fourth-order valence-corrected chi connectivity index (χ4v) is 2.46. The van der Waals surface area contributed by atoms with E-state index in [1.54, 1.807) is 18.2 Å². The predicted molar refractivity (Wildman–Crippen MR) is 82.9 cm³/mol. The predicted octanol–water partition coefficient (Wildman–Crippen LogP) is 4.06. The Morgan fingerprint density at radius 3 is 2.60 bits per heavy atom. The number of benzene rings is 2. The van der Waals surface area contributed by atoms with Crippen LogP contribution in [0.3, 0.4) is 0 Å². The summed E-state index contributed by atoms with van der Waals surface area (Å²) < 4.78 is 28.1. The van der Waals surface area contributed by atoms with Crippen LogP contribution >= 0.6 is 34.2 Å². The second kappa shape index (κ2) is 5.92. The molecule has 0 radical (unpaired) electrons. The van der Waals surface area contributed by atoms with Crippen LogP contribution < -0.4 is 11.1 Å². The molecule has 104 valence electrons. The topological polar surface area (TPSA) is 55.1 Å². The Morgan fingerprint density at radius 2 is 1.95 bits per heavy atom. The molecular weight excluding hydrogens is 401 g/mol. The number of amides is 1. The van der Waals surface area contributed by atoms with Crippen molar-refractivity contribution < 1.29 is 13.6 Å².